The van der Waals surface area contributed by atoms with Crippen LogP contribution in [0, 0.1) is 0 Å². The van der Waals surface area contributed by atoms with Gasteiger partial charge in [0.25, 0.3) is 0 Å². The number of Topliss-reactive ketones (excluding diaryl/α,β-unsaturated/α-hetero) is 1. The maximum absolute atomic E-state index is 11.8. The van der Waals surface area contributed by atoms with Crippen LogP contribution in [0.3, 0.4) is 0 Å². The quantitative estimate of drug-likeness (QED) is 0.788. The molecule has 1 N–H and O–H groups in total. The van der Waals surface area contributed by atoms with E-state index < -0.39 is 0 Å². The summed E-state index contributed by atoms with van der Waals surface area (Å²) in [6.45, 7) is 2.45. The summed E-state index contributed by atoms with van der Waals surface area (Å²) >= 11 is 0. The summed E-state index contributed by atoms with van der Waals surface area (Å²) in [6, 6.07) is 3.99. The molecule has 0 aliphatic carbocycles. The highest BCUT2D eigenvalue weighted by molar-refractivity contribution is 5.94. The number of rotatable bonds is 5. The number of nitrogens with one attached hydrogen (secondary N) is 1. The van der Waals surface area contributed by atoms with Crippen molar-refractivity contribution in [2.75, 3.05) is 26.7 Å². The molecule has 1 aliphatic heterocycles. The Labute approximate surface area is 102 Å². The van der Waals surface area contributed by atoms with Crippen LogP contribution in [-0.4, -0.2) is 43.4 Å². The Morgan fingerprint density at radius 1 is 1.59 bits per heavy atom. The molecule has 0 spiro atoms. The van der Waals surface area contributed by atoms with Gasteiger partial charge in [0.05, 0.1) is 12.8 Å². The van der Waals surface area contributed by atoms with Crippen molar-refractivity contribution >= 4 is 5.78 Å². The van der Waals surface area contributed by atoms with Crippen molar-refractivity contribution in [3.05, 3.63) is 24.2 Å². The van der Waals surface area contributed by atoms with E-state index in [9.17, 15) is 4.79 Å². The van der Waals surface area contributed by atoms with Crippen LogP contribution in [0.25, 0.3) is 0 Å². The molecule has 0 saturated carbocycles. The molecule has 17 heavy (non-hydrogen) atoms. The SMILES string of the molecule is CN(CC(=O)c1ccco1)C[C@@H]1CCCCN1. The molecule has 1 saturated heterocycles. The highest BCUT2D eigenvalue weighted by Gasteiger charge is 2.17. The molecule has 1 aromatic rings. The van der Waals surface area contributed by atoms with Crippen molar-refractivity contribution in [1.82, 2.24) is 10.2 Å². The van der Waals surface area contributed by atoms with E-state index in [0.29, 0.717) is 18.3 Å². The molecule has 0 unspecified atom stereocenters. The number of likely N-dealkylation sites (N-methyl/N-ethyl adjacent to an activating group) is 1. The van der Waals surface area contributed by atoms with Gasteiger partial charge >= 0.3 is 0 Å². The number of hydrogen-bond acceptors (Lipinski definition) is 4. The first-order chi connectivity index (χ1) is 8.25. The molecule has 1 atom stereocenters. The number of carbonyl (C=O) groups excluding carboxylic acids is 1. The predicted octanol–water partition coefficient (Wildman–Crippen LogP) is 1.54. The number of ketones is 1. The van der Waals surface area contributed by atoms with Crippen LogP contribution in [0.1, 0.15) is 29.8 Å². The van der Waals surface area contributed by atoms with Gasteiger partial charge in [-0.1, -0.05) is 6.42 Å². The van der Waals surface area contributed by atoms with Gasteiger partial charge in [0.1, 0.15) is 0 Å². The summed E-state index contributed by atoms with van der Waals surface area (Å²) in [5.74, 6) is 0.502. The molecule has 0 aromatic carbocycles. The summed E-state index contributed by atoms with van der Waals surface area (Å²) in [5, 5.41) is 3.48. The summed E-state index contributed by atoms with van der Waals surface area (Å²) in [5.41, 5.74) is 0. The number of nitrogens with zero attached hydrogens (tertiary/aromatic N) is 1. The number of hydrogen-bond donors (Lipinski definition) is 1. The Bertz CT molecular complexity index is 342. The van der Waals surface area contributed by atoms with Crippen molar-refractivity contribution in [3.8, 4) is 0 Å². The van der Waals surface area contributed by atoms with Gasteiger partial charge in [0.2, 0.25) is 5.78 Å². The van der Waals surface area contributed by atoms with Crippen LogP contribution >= 0.6 is 0 Å². The summed E-state index contributed by atoms with van der Waals surface area (Å²) in [4.78, 5) is 13.9. The summed E-state index contributed by atoms with van der Waals surface area (Å²) in [7, 11) is 1.98. The van der Waals surface area contributed by atoms with E-state index in [1.54, 1.807) is 12.1 Å². The third-order valence-electron chi connectivity index (χ3n) is 3.15. The lowest BCUT2D eigenvalue weighted by Gasteiger charge is -2.27. The zero-order chi connectivity index (χ0) is 12.1. The first-order valence-corrected chi connectivity index (χ1v) is 6.24. The third kappa shape index (κ3) is 3.68. The van der Waals surface area contributed by atoms with Crippen LogP contribution in [0.2, 0.25) is 0 Å². The highest BCUT2D eigenvalue weighted by Crippen LogP contribution is 2.08. The molecule has 2 rings (SSSR count). The highest BCUT2D eigenvalue weighted by atomic mass is 16.3. The topological polar surface area (TPSA) is 45.5 Å². The van der Waals surface area contributed by atoms with Crippen molar-refractivity contribution in [1.29, 1.82) is 0 Å². The molecule has 94 valence electrons. The second-order valence-electron chi connectivity index (χ2n) is 4.74. The molecule has 0 bridgehead atoms. The van der Waals surface area contributed by atoms with E-state index in [4.69, 9.17) is 4.42 Å². The summed E-state index contributed by atoms with van der Waals surface area (Å²) in [6.07, 6.45) is 5.30. The zero-order valence-electron chi connectivity index (χ0n) is 10.3. The van der Waals surface area contributed by atoms with Gasteiger partial charge in [-0.3, -0.25) is 9.69 Å². The zero-order valence-corrected chi connectivity index (χ0v) is 10.3. The second kappa shape index (κ2) is 5.98. The average Bonchev–Trinajstić information content (AvgIpc) is 2.83. The van der Waals surface area contributed by atoms with E-state index in [1.807, 2.05) is 7.05 Å². The molecule has 0 amide bonds. The molecule has 0 radical (unpaired) electrons. The van der Waals surface area contributed by atoms with E-state index in [2.05, 4.69) is 10.2 Å². The monoisotopic (exact) mass is 236 g/mol. The Morgan fingerprint density at radius 3 is 3.12 bits per heavy atom. The molecule has 1 aliphatic rings. The van der Waals surface area contributed by atoms with Crippen LogP contribution in [0.4, 0.5) is 0 Å². The Balaban J connectivity index is 1.76. The third-order valence-corrected chi connectivity index (χ3v) is 3.15. The lowest BCUT2D eigenvalue weighted by Crippen LogP contribution is -2.43. The largest absolute Gasteiger partial charge is 0.461 e. The van der Waals surface area contributed by atoms with Crippen molar-refractivity contribution in [3.63, 3.8) is 0 Å². The number of carbonyl (C=O) groups is 1. The van der Waals surface area contributed by atoms with Crippen molar-refractivity contribution in [2.24, 2.45) is 0 Å². The van der Waals surface area contributed by atoms with E-state index in [1.165, 1.54) is 25.5 Å². The van der Waals surface area contributed by atoms with Crippen molar-refractivity contribution < 1.29 is 9.21 Å². The van der Waals surface area contributed by atoms with Crippen LogP contribution in [0.15, 0.2) is 22.8 Å². The van der Waals surface area contributed by atoms with Gasteiger partial charge in [0, 0.05) is 12.6 Å². The van der Waals surface area contributed by atoms with Crippen molar-refractivity contribution in [2.45, 2.75) is 25.3 Å². The predicted molar refractivity (Wildman–Crippen MR) is 66.2 cm³/mol. The van der Waals surface area contributed by atoms with Gasteiger partial charge in [-0.05, 0) is 38.6 Å². The molecule has 1 aromatic heterocycles. The second-order valence-corrected chi connectivity index (χ2v) is 4.74. The molecule has 4 nitrogen and oxygen atoms in total. The molecule has 2 heterocycles. The first kappa shape index (κ1) is 12.3. The van der Waals surface area contributed by atoms with E-state index >= 15 is 0 Å². The molecular weight excluding hydrogens is 216 g/mol. The van der Waals surface area contributed by atoms with Gasteiger partial charge in [0.15, 0.2) is 5.76 Å². The molecular formula is C13H20N2O2. The lowest BCUT2D eigenvalue weighted by atomic mass is 10.0. The smallest absolute Gasteiger partial charge is 0.211 e. The fourth-order valence-electron chi connectivity index (χ4n) is 2.28. The molecule has 1 fully saturated rings. The van der Waals surface area contributed by atoms with Crippen LogP contribution in [-0.2, 0) is 0 Å². The number of furan rings is 1. The van der Waals surface area contributed by atoms with Gasteiger partial charge < -0.3 is 9.73 Å². The van der Waals surface area contributed by atoms with Crippen LogP contribution in [0.5, 0.6) is 0 Å². The minimum Gasteiger partial charge on any atom is -0.461 e. The maximum atomic E-state index is 11.8. The standard InChI is InChI=1S/C13H20N2O2/c1-15(9-11-5-2-3-7-14-11)10-12(16)13-6-4-8-17-13/h4,6,8,11,14H,2-3,5,7,9-10H2,1H3/t11-/m0/s1. The average molecular weight is 236 g/mol. The Hall–Kier alpha value is -1.13. The first-order valence-electron chi connectivity index (χ1n) is 6.24. The van der Waals surface area contributed by atoms with E-state index in [0.717, 1.165) is 13.1 Å². The van der Waals surface area contributed by atoms with Gasteiger partial charge in [-0.15, -0.1) is 0 Å². The van der Waals surface area contributed by atoms with Gasteiger partial charge in [-0.25, -0.2) is 0 Å². The van der Waals surface area contributed by atoms with Crippen LogP contribution < -0.4 is 5.32 Å². The molecule has 4 heteroatoms. The van der Waals surface area contributed by atoms with E-state index in [-0.39, 0.29) is 5.78 Å². The summed E-state index contributed by atoms with van der Waals surface area (Å²) < 4.78 is 5.09. The Kier molecular flexibility index (Phi) is 4.34. The fourth-order valence-corrected chi connectivity index (χ4v) is 2.28. The fraction of sp³-hybridized carbons (Fsp3) is 0.615. The minimum atomic E-state index is 0.0494. The minimum absolute atomic E-state index is 0.0494. The normalized spacial score (nSPS) is 20.7. The van der Waals surface area contributed by atoms with Gasteiger partial charge in [-0.2, -0.15) is 0 Å². The Morgan fingerprint density at radius 2 is 2.47 bits per heavy atom. The number of piperidine rings is 1. The lowest BCUT2D eigenvalue weighted by molar-refractivity contribution is 0.0911. The maximum Gasteiger partial charge on any atom is 0.211 e.